The number of H-pyrrole nitrogens is 1. The van der Waals surface area contributed by atoms with Gasteiger partial charge in [-0.2, -0.15) is 14.7 Å². The fourth-order valence-electron chi connectivity index (χ4n) is 4.71. The molecule has 0 saturated heterocycles. The molecular weight excluding hydrogens is 498 g/mol. The first-order chi connectivity index (χ1) is 18.7. The van der Waals surface area contributed by atoms with E-state index in [4.69, 9.17) is 10.7 Å². The Hall–Kier alpha value is -4.45. The molecule has 0 unspecified atom stereocenters. The molecule has 4 N–H and O–H groups in total. The Balaban J connectivity index is 1.49. The normalized spacial score (nSPS) is 15.4. The highest BCUT2D eigenvalue weighted by molar-refractivity contribution is 6.00. The van der Waals surface area contributed by atoms with Crippen LogP contribution in [-0.2, 0) is 12.0 Å². The molecule has 1 atom stereocenters. The number of ketones is 1. The van der Waals surface area contributed by atoms with Gasteiger partial charge in [-0.1, -0.05) is 19.1 Å². The number of aromatic nitrogens is 7. The van der Waals surface area contributed by atoms with Crippen molar-refractivity contribution in [2.24, 2.45) is 0 Å². The monoisotopic (exact) mass is 529 g/mol. The Kier molecular flexibility index (Phi) is 6.96. The molecule has 4 heterocycles. The fourth-order valence-corrected chi connectivity index (χ4v) is 4.71. The lowest BCUT2D eigenvalue weighted by Gasteiger charge is -2.35. The van der Waals surface area contributed by atoms with Gasteiger partial charge in [-0.15, -0.1) is 0 Å². The van der Waals surface area contributed by atoms with Crippen molar-refractivity contribution in [1.29, 1.82) is 0 Å². The third-order valence-corrected chi connectivity index (χ3v) is 7.34. The van der Waals surface area contributed by atoms with E-state index in [0.29, 0.717) is 35.4 Å². The average molecular weight is 530 g/mol. The largest absolute Gasteiger partial charge is 0.384 e. The van der Waals surface area contributed by atoms with Crippen molar-refractivity contribution in [2.45, 2.75) is 64.5 Å². The topological polar surface area (TPSA) is 168 Å². The Bertz CT molecular complexity index is 1540. The predicted octanol–water partition coefficient (Wildman–Crippen LogP) is 3.06. The zero-order chi connectivity index (χ0) is 27.7. The fraction of sp³-hybridized carbons (Fsp3) is 0.370. The first-order valence-corrected chi connectivity index (χ1v) is 12.9. The number of allylic oxidation sites excluding steroid dienone is 1. The standard InChI is InChI=1S/C27H31N9O3/c1-4-16(2)35(26(38)24-30-15-31-34-24)12-5-7-20-22(17(3)37)23(28)36-25(33-20)19(14-32-36)18-8-9-21(29-13-18)27(39)10-6-11-27/h5,8-9,12-16,39H,4,6-7,10-11,28H2,1-3H3,(H,30,31,34)/b12-5-/t16-/m0/s1. The Morgan fingerprint density at radius 3 is 2.67 bits per heavy atom. The van der Waals surface area contributed by atoms with E-state index in [1.165, 1.54) is 17.8 Å². The van der Waals surface area contributed by atoms with E-state index >= 15 is 0 Å². The van der Waals surface area contributed by atoms with Gasteiger partial charge in [0.15, 0.2) is 11.4 Å². The number of amides is 1. The summed E-state index contributed by atoms with van der Waals surface area (Å²) >= 11 is 0. The van der Waals surface area contributed by atoms with Gasteiger partial charge in [-0.25, -0.2) is 9.97 Å². The molecule has 202 valence electrons. The van der Waals surface area contributed by atoms with Crippen LogP contribution in [0.15, 0.2) is 43.1 Å². The van der Waals surface area contributed by atoms with Gasteiger partial charge in [-0.05, 0) is 45.6 Å². The van der Waals surface area contributed by atoms with Crippen LogP contribution in [0.5, 0.6) is 0 Å². The molecule has 1 aliphatic rings. The van der Waals surface area contributed by atoms with E-state index in [1.54, 1.807) is 29.6 Å². The van der Waals surface area contributed by atoms with Crippen molar-refractivity contribution < 1.29 is 14.7 Å². The molecule has 1 amide bonds. The van der Waals surface area contributed by atoms with Crippen LogP contribution < -0.4 is 5.73 Å². The van der Waals surface area contributed by atoms with Gasteiger partial charge in [-0.3, -0.25) is 19.7 Å². The molecule has 39 heavy (non-hydrogen) atoms. The maximum absolute atomic E-state index is 12.9. The third-order valence-electron chi connectivity index (χ3n) is 7.34. The van der Waals surface area contributed by atoms with Crippen molar-refractivity contribution in [3.63, 3.8) is 0 Å². The van der Waals surface area contributed by atoms with Crippen LogP contribution in [-0.4, -0.2) is 62.5 Å². The number of Topliss-reactive ketones (excluding diaryl/α,β-unsaturated/α-hetero) is 1. The maximum Gasteiger partial charge on any atom is 0.295 e. The lowest BCUT2D eigenvalue weighted by Crippen LogP contribution is -2.34. The predicted molar refractivity (Wildman–Crippen MR) is 144 cm³/mol. The van der Waals surface area contributed by atoms with Gasteiger partial charge in [0.2, 0.25) is 5.82 Å². The summed E-state index contributed by atoms with van der Waals surface area (Å²) in [6.07, 6.45) is 11.4. The molecule has 0 aliphatic heterocycles. The summed E-state index contributed by atoms with van der Waals surface area (Å²) in [4.78, 5) is 40.4. The quantitative estimate of drug-likeness (QED) is 0.276. The highest BCUT2D eigenvalue weighted by atomic mass is 16.3. The molecule has 0 spiro atoms. The number of nitrogens with zero attached hydrogens (tertiary/aromatic N) is 7. The van der Waals surface area contributed by atoms with Crippen molar-refractivity contribution in [3.8, 4) is 11.1 Å². The van der Waals surface area contributed by atoms with E-state index in [0.717, 1.165) is 18.4 Å². The van der Waals surface area contributed by atoms with Gasteiger partial charge in [0.1, 0.15) is 17.7 Å². The molecule has 4 aromatic rings. The minimum absolute atomic E-state index is 0.0958. The molecule has 1 aliphatic carbocycles. The molecule has 0 bridgehead atoms. The van der Waals surface area contributed by atoms with Gasteiger partial charge < -0.3 is 15.7 Å². The van der Waals surface area contributed by atoms with E-state index in [1.807, 2.05) is 26.0 Å². The lowest BCUT2D eigenvalue weighted by molar-refractivity contribution is -0.0426. The molecule has 0 aromatic carbocycles. The second-order valence-electron chi connectivity index (χ2n) is 9.88. The number of pyridine rings is 1. The van der Waals surface area contributed by atoms with Crippen molar-refractivity contribution in [2.75, 3.05) is 5.73 Å². The van der Waals surface area contributed by atoms with Gasteiger partial charge >= 0.3 is 0 Å². The Morgan fingerprint density at radius 2 is 2.08 bits per heavy atom. The molecule has 5 rings (SSSR count). The minimum atomic E-state index is -0.851. The highest BCUT2D eigenvalue weighted by Gasteiger charge is 2.37. The average Bonchev–Trinajstić information content (AvgIpc) is 3.60. The van der Waals surface area contributed by atoms with Crippen molar-refractivity contribution in [1.82, 2.24) is 39.7 Å². The summed E-state index contributed by atoms with van der Waals surface area (Å²) in [6, 6.07) is 3.61. The van der Waals surface area contributed by atoms with Crippen molar-refractivity contribution in [3.05, 3.63) is 65.9 Å². The molecule has 0 radical (unpaired) electrons. The first kappa shape index (κ1) is 26.2. The van der Waals surface area contributed by atoms with Crippen LogP contribution in [0.4, 0.5) is 5.82 Å². The molecule has 12 heteroatoms. The second kappa shape index (κ2) is 10.4. The number of carbonyl (C=O) groups excluding carboxylic acids is 2. The Morgan fingerprint density at radius 1 is 1.28 bits per heavy atom. The van der Waals surface area contributed by atoms with Crippen LogP contribution in [0.3, 0.4) is 0 Å². The van der Waals surface area contributed by atoms with Crippen LogP contribution in [0.2, 0.25) is 0 Å². The first-order valence-electron chi connectivity index (χ1n) is 12.9. The molecule has 1 saturated carbocycles. The molecular formula is C27H31N9O3. The van der Waals surface area contributed by atoms with Gasteiger partial charge in [0.25, 0.3) is 5.91 Å². The summed E-state index contributed by atoms with van der Waals surface area (Å²) < 4.78 is 1.45. The number of hydrogen-bond donors (Lipinski definition) is 3. The number of nitrogens with two attached hydrogens (primary N) is 1. The molecule has 1 fully saturated rings. The number of aliphatic hydroxyl groups is 1. The van der Waals surface area contributed by atoms with Gasteiger partial charge in [0.05, 0.1) is 23.1 Å². The number of rotatable bonds is 9. The maximum atomic E-state index is 12.9. The number of anilines is 1. The lowest BCUT2D eigenvalue weighted by atomic mass is 9.77. The summed E-state index contributed by atoms with van der Waals surface area (Å²) in [7, 11) is 0. The van der Waals surface area contributed by atoms with E-state index in [2.05, 4.69) is 25.3 Å². The van der Waals surface area contributed by atoms with Crippen LogP contribution in [0, 0.1) is 0 Å². The zero-order valence-corrected chi connectivity index (χ0v) is 22.1. The van der Waals surface area contributed by atoms with E-state index < -0.39 is 5.60 Å². The second-order valence-corrected chi connectivity index (χ2v) is 9.88. The number of aromatic amines is 1. The molecule has 4 aromatic heterocycles. The smallest absolute Gasteiger partial charge is 0.295 e. The van der Waals surface area contributed by atoms with Crippen molar-refractivity contribution >= 4 is 23.2 Å². The molecule has 12 nitrogen and oxygen atoms in total. The highest BCUT2D eigenvalue weighted by Crippen LogP contribution is 2.40. The Labute approximate surface area is 225 Å². The number of fused-ring (bicyclic) bond motifs is 1. The van der Waals surface area contributed by atoms with Gasteiger partial charge in [0, 0.05) is 36.0 Å². The number of nitrogen functional groups attached to an aromatic ring is 1. The summed E-state index contributed by atoms with van der Waals surface area (Å²) in [5.41, 5.74) is 8.90. The number of hydrogen-bond acceptors (Lipinski definition) is 9. The van der Waals surface area contributed by atoms with E-state index in [9.17, 15) is 14.7 Å². The van der Waals surface area contributed by atoms with Crippen LogP contribution in [0.25, 0.3) is 16.8 Å². The third kappa shape index (κ3) is 4.78. The summed E-state index contributed by atoms with van der Waals surface area (Å²) in [5, 5.41) is 21.4. The van der Waals surface area contributed by atoms with Crippen LogP contribution in [0.1, 0.15) is 78.8 Å². The summed E-state index contributed by atoms with van der Waals surface area (Å²) in [5.74, 6) is -0.222. The van der Waals surface area contributed by atoms with E-state index in [-0.39, 0.29) is 41.4 Å². The SMILES string of the molecule is CC[C@H](C)N(/C=C\Cc1nc2c(-c3ccc(C4(O)CCC4)nc3)cnn2c(N)c1C(C)=O)C(=O)c1ncn[nH]1. The number of carbonyl (C=O) groups is 2. The summed E-state index contributed by atoms with van der Waals surface area (Å²) in [6.45, 7) is 5.35. The zero-order valence-electron chi connectivity index (χ0n) is 22.1. The van der Waals surface area contributed by atoms with Crippen LogP contribution >= 0.6 is 0 Å². The minimum Gasteiger partial charge on any atom is -0.384 e. The number of nitrogens with one attached hydrogen (secondary N) is 1.